The molecule has 6 nitrogen and oxygen atoms in total. The lowest BCUT2D eigenvalue weighted by molar-refractivity contribution is 0.0716. The van der Waals surface area contributed by atoms with E-state index < -0.39 is 6.10 Å². The fourth-order valence-electron chi connectivity index (χ4n) is 4.25. The number of nitrogens with zero attached hydrogens (tertiary/aromatic N) is 3. The molecule has 1 saturated carbocycles. The first kappa shape index (κ1) is 20.9. The summed E-state index contributed by atoms with van der Waals surface area (Å²) in [5, 5.41) is 24.7. The Balaban J connectivity index is 1.52. The fourth-order valence-corrected chi connectivity index (χ4v) is 4.45. The van der Waals surface area contributed by atoms with Crippen molar-refractivity contribution >= 4 is 11.6 Å². The number of hydrogen-bond acceptors (Lipinski definition) is 6. The molecule has 2 aromatic heterocycles. The molecule has 0 radical (unpaired) electrons. The molecule has 3 N–H and O–H groups in total. The highest BCUT2D eigenvalue weighted by atomic mass is 35.5. The maximum Gasteiger partial charge on any atom is 0.160 e. The molecule has 0 unspecified atom stereocenters. The summed E-state index contributed by atoms with van der Waals surface area (Å²) in [6, 6.07) is 13.5. The van der Waals surface area contributed by atoms with Crippen LogP contribution in [0.15, 0.2) is 61.1 Å². The maximum atomic E-state index is 10.5. The summed E-state index contributed by atoms with van der Waals surface area (Å²) in [5.74, 6) is 0.468. The van der Waals surface area contributed by atoms with E-state index in [-0.39, 0.29) is 24.5 Å². The van der Waals surface area contributed by atoms with Gasteiger partial charge < -0.3 is 15.5 Å². The van der Waals surface area contributed by atoms with Gasteiger partial charge in [-0.15, -0.1) is 0 Å². The Labute approximate surface area is 181 Å². The van der Waals surface area contributed by atoms with Gasteiger partial charge in [0.25, 0.3) is 0 Å². The van der Waals surface area contributed by atoms with Gasteiger partial charge in [-0.25, -0.2) is 9.97 Å². The van der Waals surface area contributed by atoms with Crippen molar-refractivity contribution < 1.29 is 10.2 Å². The quantitative estimate of drug-likeness (QED) is 0.540. The number of pyridine rings is 1. The molecule has 0 spiro atoms. The number of aliphatic hydroxyl groups excluding tert-OH is 2. The highest BCUT2D eigenvalue weighted by Gasteiger charge is 2.42. The molecule has 0 saturated heterocycles. The van der Waals surface area contributed by atoms with Crippen LogP contribution < -0.4 is 5.32 Å². The summed E-state index contributed by atoms with van der Waals surface area (Å²) < 4.78 is 0. The second-order valence-electron chi connectivity index (χ2n) is 7.71. The van der Waals surface area contributed by atoms with Crippen LogP contribution in [0.1, 0.15) is 17.7 Å². The van der Waals surface area contributed by atoms with Crippen LogP contribution >= 0.6 is 11.6 Å². The number of hydrogen-bond donors (Lipinski definition) is 3. The van der Waals surface area contributed by atoms with Crippen molar-refractivity contribution in [1.82, 2.24) is 20.3 Å². The summed E-state index contributed by atoms with van der Waals surface area (Å²) in [5.41, 5.74) is 2.75. The van der Waals surface area contributed by atoms with Gasteiger partial charge in [-0.1, -0.05) is 29.8 Å². The number of aliphatic hydroxyl groups is 2. The summed E-state index contributed by atoms with van der Waals surface area (Å²) in [6.07, 6.45) is 5.87. The zero-order valence-corrected chi connectivity index (χ0v) is 17.3. The first-order valence-corrected chi connectivity index (χ1v) is 10.5. The highest BCUT2D eigenvalue weighted by Crippen LogP contribution is 2.35. The Morgan fingerprint density at radius 3 is 2.70 bits per heavy atom. The average molecular weight is 425 g/mol. The van der Waals surface area contributed by atoms with E-state index in [0.717, 1.165) is 21.8 Å². The van der Waals surface area contributed by atoms with E-state index in [4.69, 9.17) is 16.6 Å². The average Bonchev–Trinajstić information content (AvgIpc) is 3.08. The summed E-state index contributed by atoms with van der Waals surface area (Å²) in [4.78, 5) is 13.2. The Kier molecular flexibility index (Phi) is 6.69. The predicted molar refractivity (Wildman–Crippen MR) is 116 cm³/mol. The second-order valence-corrected chi connectivity index (χ2v) is 8.12. The lowest BCUT2D eigenvalue weighted by Gasteiger charge is -2.25. The third-order valence-electron chi connectivity index (χ3n) is 5.86. The minimum atomic E-state index is -0.552. The van der Waals surface area contributed by atoms with Crippen LogP contribution in [0.25, 0.3) is 11.4 Å². The number of halogens is 1. The first-order valence-electron chi connectivity index (χ1n) is 10.1. The molecule has 1 aliphatic rings. The Morgan fingerprint density at radius 1 is 1.07 bits per heavy atom. The summed E-state index contributed by atoms with van der Waals surface area (Å²) in [7, 11) is 0. The largest absolute Gasteiger partial charge is 0.396 e. The molecule has 1 aromatic carbocycles. The van der Waals surface area contributed by atoms with Crippen LogP contribution in [0.5, 0.6) is 0 Å². The lowest BCUT2D eigenvalue weighted by atomic mass is 9.88. The third kappa shape index (κ3) is 4.68. The zero-order chi connectivity index (χ0) is 20.9. The van der Waals surface area contributed by atoms with E-state index >= 15 is 0 Å². The second kappa shape index (κ2) is 9.62. The van der Waals surface area contributed by atoms with E-state index in [1.165, 1.54) is 0 Å². The maximum absolute atomic E-state index is 10.5. The van der Waals surface area contributed by atoms with E-state index in [0.29, 0.717) is 25.2 Å². The van der Waals surface area contributed by atoms with Crippen molar-refractivity contribution in [1.29, 1.82) is 0 Å². The van der Waals surface area contributed by atoms with E-state index in [1.807, 2.05) is 42.5 Å². The zero-order valence-electron chi connectivity index (χ0n) is 16.5. The summed E-state index contributed by atoms with van der Waals surface area (Å²) >= 11 is 6.28. The van der Waals surface area contributed by atoms with E-state index in [1.54, 1.807) is 18.6 Å². The Hall–Kier alpha value is -2.38. The fraction of sp³-hybridized carbons (Fsp3) is 0.348. The van der Waals surface area contributed by atoms with Crippen LogP contribution in [0.4, 0.5) is 0 Å². The number of aromatic nitrogens is 3. The third-order valence-corrected chi connectivity index (χ3v) is 6.23. The van der Waals surface area contributed by atoms with Gasteiger partial charge in [-0.05, 0) is 48.6 Å². The molecule has 30 heavy (non-hydrogen) atoms. The molecule has 2 heterocycles. The monoisotopic (exact) mass is 424 g/mol. The van der Waals surface area contributed by atoms with Crippen molar-refractivity contribution in [3.05, 3.63) is 77.3 Å². The van der Waals surface area contributed by atoms with Crippen LogP contribution in [0, 0.1) is 11.8 Å². The normalized spacial score (nSPS) is 23.6. The van der Waals surface area contributed by atoms with Gasteiger partial charge in [0.05, 0.1) is 6.10 Å². The molecule has 1 fully saturated rings. The lowest BCUT2D eigenvalue weighted by Crippen LogP contribution is -2.36. The van der Waals surface area contributed by atoms with Gasteiger partial charge in [-0.2, -0.15) is 0 Å². The standard InChI is InChI=1S/C23H25ClN4O2/c24-20-6-2-1-4-15(20)13-27-21-11-22(30)19(14-29)18(21)10-17-7-9-26-23(28-17)16-5-3-8-25-12-16/h1-9,12,18-19,21-22,27,29-30H,10-11,13-14H2/t18-,19-,21-,22-/m1/s1. The topological polar surface area (TPSA) is 91.2 Å². The number of nitrogens with one attached hydrogen (secondary N) is 1. The van der Waals surface area contributed by atoms with Gasteiger partial charge >= 0.3 is 0 Å². The van der Waals surface area contributed by atoms with Crippen LogP contribution in [0.2, 0.25) is 5.02 Å². The Bertz CT molecular complexity index is 972. The van der Waals surface area contributed by atoms with Crippen LogP contribution in [-0.4, -0.2) is 43.9 Å². The smallest absolute Gasteiger partial charge is 0.160 e. The van der Waals surface area contributed by atoms with Gasteiger partial charge in [0.15, 0.2) is 5.82 Å². The van der Waals surface area contributed by atoms with Crippen LogP contribution in [0.3, 0.4) is 0 Å². The minimum Gasteiger partial charge on any atom is -0.396 e. The summed E-state index contributed by atoms with van der Waals surface area (Å²) in [6.45, 7) is 0.549. The molecule has 0 amide bonds. The number of rotatable bonds is 7. The molecule has 7 heteroatoms. The van der Waals surface area contributed by atoms with Gasteiger partial charge in [0.1, 0.15) is 0 Å². The van der Waals surface area contributed by atoms with E-state index in [9.17, 15) is 10.2 Å². The van der Waals surface area contributed by atoms with Crippen LogP contribution in [-0.2, 0) is 13.0 Å². The van der Waals surface area contributed by atoms with Gasteiger partial charge in [0.2, 0.25) is 0 Å². The Morgan fingerprint density at radius 2 is 1.93 bits per heavy atom. The molecule has 4 rings (SSSR count). The molecule has 4 atom stereocenters. The predicted octanol–water partition coefficient (Wildman–Crippen LogP) is 2.88. The molecular formula is C23H25ClN4O2. The van der Waals surface area contributed by atoms with Crippen molar-refractivity contribution in [2.24, 2.45) is 11.8 Å². The van der Waals surface area contributed by atoms with Crippen molar-refractivity contribution in [2.45, 2.75) is 31.5 Å². The van der Waals surface area contributed by atoms with Crippen molar-refractivity contribution in [3.63, 3.8) is 0 Å². The number of benzene rings is 1. The van der Waals surface area contributed by atoms with E-state index in [2.05, 4.69) is 15.3 Å². The van der Waals surface area contributed by atoms with Crippen molar-refractivity contribution in [2.75, 3.05) is 6.61 Å². The minimum absolute atomic E-state index is 0.0455. The highest BCUT2D eigenvalue weighted by molar-refractivity contribution is 6.31. The molecule has 0 aliphatic heterocycles. The van der Waals surface area contributed by atoms with Gasteiger partial charge in [-0.3, -0.25) is 4.98 Å². The molecular weight excluding hydrogens is 400 g/mol. The first-order chi connectivity index (χ1) is 14.7. The molecule has 0 bridgehead atoms. The molecule has 3 aromatic rings. The van der Waals surface area contributed by atoms with Crippen molar-refractivity contribution in [3.8, 4) is 11.4 Å². The molecule has 1 aliphatic carbocycles. The SMILES string of the molecule is OC[C@@H]1[C@@H](Cc2ccnc(-c3cccnc3)n2)[C@H](NCc2ccccc2Cl)C[C@H]1O. The molecule has 156 valence electrons. The van der Waals surface area contributed by atoms with Gasteiger partial charge in [0, 0.05) is 60.0 Å².